The van der Waals surface area contributed by atoms with Crippen LogP contribution in [0.25, 0.3) is 0 Å². The molecule has 0 bridgehead atoms. The van der Waals surface area contributed by atoms with Gasteiger partial charge >= 0.3 is 5.97 Å². The summed E-state index contributed by atoms with van der Waals surface area (Å²) in [5, 5.41) is 3.36. The molecule has 2 rings (SSSR count). The zero-order valence-electron chi connectivity index (χ0n) is 10.5. The first-order valence-corrected chi connectivity index (χ1v) is 6.08. The van der Waals surface area contributed by atoms with Crippen molar-refractivity contribution in [2.75, 3.05) is 34.3 Å². The first-order valence-electron chi connectivity index (χ1n) is 6.08. The number of nitrogens with zero attached hydrogens (tertiary/aromatic N) is 1. The van der Waals surface area contributed by atoms with Gasteiger partial charge in [-0.3, -0.25) is 4.79 Å². The lowest BCUT2D eigenvalue weighted by molar-refractivity contribution is -0.149. The van der Waals surface area contributed by atoms with E-state index in [2.05, 4.69) is 17.3 Å². The Kier molecular flexibility index (Phi) is 3.22. The summed E-state index contributed by atoms with van der Waals surface area (Å²) in [5.41, 5.74) is -0.223. The number of methoxy groups -OCH3 is 1. The highest BCUT2D eigenvalue weighted by molar-refractivity contribution is 5.80. The summed E-state index contributed by atoms with van der Waals surface area (Å²) in [5.74, 6) is 0.554. The van der Waals surface area contributed by atoms with Crippen LogP contribution >= 0.6 is 0 Å². The number of carbonyl (C=O) groups is 1. The Morgan fingerprint density at radius 3 is 2.62 bits per heavy atom. The Morgan fingerprint density at radius 1 is 1.56 bits per heavy atom. The third kappa shape index (κ3) is 1.84. The van der Waals surface area contributed by atoms with Crippen molar-refractivity contribution in [2.24, 2.45) is 11.3 Å². The predicted molar refractivity (Wildman–Crippen MR) is 62.1 cm³/mol. The number of ether oxygens (including phenoxy) is 1. The predicted octanol–water partition coefficient (Wildman–Crippen LogP) is 0.479. The van der Waals surface area contributed by atoms with Crippen LogP contribution in [0.1, 0.15) is 19.3 Å². The molecule has 2 unspecified atom stereocenters. The molecule has 1 saturated carbocycles. The maximum absolute atomic E-state index is 11.9. The van der Waals surface area contributed by atoms with Crippen LogP contribution in [0.4, 0.5) is 0 Å². The average molecular weight is 226 g/mol. The minimum absolute atomic E-state index is 0.0265. The molecule has 1 saturated heterocycles. The standard InChI is InChI=1S/C12H22N2O2/c1-13-10(9-4-7-14(2)8-9)12(5-6-12)11(15)16-3/h9-10,13H,4-8H2,1-3H3. The van der Waals surface area contributed by atoms with E-state index in [-0.39, 0.29) is 17.4 Å². The first-order chi connectivity index (χ1) is 7.64. The molecule has 16 heavy (non-hydrogen) atoms. The monoisotopic (exact) mass is 226 g/mol. The maximum Gasteiger partial charge on any atom is 0.313 e. The number of carbonyl (C=O) groups excluding carboxylic acids is 1. The van der Waals surface area contributed by atoms with Crippen LogP contribution in [-0.4, -0.2) is 51.2 Å². The summed E-state index contributed by atoms with van der Waals surface area (Å²) in [6.07, 6.45) is 3.14. The van der Waals surface area contributed by atoms with Crippen molar-refractivity contribution in [1.82, 2.24) is 10.2 Å². The molecule has 0 amide bonds. The van der Waals surface area contributed by atoms with E-state index in [1.807, 2.05) is 7.05 Å². The number of esters is 1. The molecule has 1 N–H and O–H groups in total. The second-order valence-electron chi connectivity index (χ2n) is 5.23. The van der Waals surface area contributed by atoms with Gasteiger partial charge in [0.25, 0.3) is 0 Å². The molecule has 0 spiro atoms. The SMILES string of the molecule is CNC(C1CCN(C)C1)C1(C(=O)OC)CC1. The second-order valence-corrected chi connectivity index (χ2v) is 5.23. The van der Waals surface area contributed by atoms with Crippen LogP contribution in [0.15, 0.2) is 0 Å². The number of hydrogen-bond acceptors (Lipinski definition) is 4. The average Bonchev–Trinajstić information content (AvgIpc) is 2.97. The molecule has 0 aromatic rings. The van der Waals surface area contributed by atoms with Crippen LogP contribution in [-0.2, 0) is 9.53 Å². The van der Waals surface area contributed by atoms with E-state index in [4.69, 9.17) is 4.74 Å². The molecule has 0 radical (unpaired) electrons. The highest BCUT2D eigenvalue weighted by atomic mass is 16.5. The number of likely N-dealkylation sites (tertiary alicyclic amines) is 1. The van der Waals surface area contributed by atoms with E-state index in [9.17, 15) is 4.79 Å². The molecular weight excluding hydrogens is 204 g/mol. The summed E-state index contributed by atoms with van der Waals surface area (Å²) in [6.45, 7) is 2.23. The lowest BCUT2D eigenvalue weighted by atomic mass is 9.85. The van der Waals surface area contributed by atoms with Crippen molar-refractivity contribution < 1.29 is 9.53 Å². The Bertz CT molecular complexity index is 276. The fourth-order valence-electron chi connectivity index (χ4n) is 3.18. The molecule has 1 aliphatic carbocycles. The van der Waals surface area contributed by atoms with Crippen LogP contribution in [0.5, 0.6) is 0 Å². The number of hydrogen-bond donors (Lipinski definition) is 1. The second kappa shape index (κ2) is 4.34. The fourth-order valence-corrected chi connectivity index (χ4v) is 3.18. The number of rotatable bonds is 4. The third-order valence-electron chi connectivity index (χ3n) is 4.19. The van der Waals surface area contributed by atoms with Gasteiger partial charge < -0.3 is 15.0 Å². The van der Waals surface area contributed by atoms with E-state index in [1.54, 1.807) is 0 Å². The van der Waals surface area contributed by atoms with Crippen molar-refractivity contribution in [3.05, 3.63) is 0 Å². The van der Waals surface area contributed by atoms with Crippen molar-refractivity contribution in [1.29, 1.82) is 0 Å². The summed E-state index contributed by atoms with van der Waals surface area (Å²) >= 11 is 0. The minimum atomic E-state index is -0.223. The third-order valence-corrected chi connectivity index (χ3v) is 4.19. The Labute approximate surface area is 97.3 Å². The molecule has 4 heteroatoms. The largest absolute Gasteiger partial charge is 0.469 e. The van der Waals surface area contributed by atoms with Gasteiger partial charge in [-0.25, -0.2) is 0 Å². The smallest absolute Gasteiger partial charge is 0.313 e. The highest BCUT2D eigenvalue weighted by Crippen LogP contribution is 2.52. The Balaban J connectivity index is 2.08. The van der Waals surface area contributed by atoms with Gasteiger partial charge in [-0.05, 0) is 45.8 Å². The van der Waals surface area contributed by atoms with E-state index >= 15 is 0 Å². The van der Waals surface area contributed by atoms with Crippen molar-refractivity contribution in [3.8, 4) is 0 Å². The lowest BCUT2D eigenvalue weighted by Crippen LogP contribution is -2.46. The van der Waals surface area contributed by atoms with E-state index < -0.39 is 0 Å². The van der Waals surface area contributed by atoms with Crippen molar-refractivity contribution >= 4 is 5.97 Å². The zero-order valence-corrected chi connectivity index (χ0v) is 10.5. The molecule has 0 aromatic heterocycles. The topological polar surface area (TPSA) is 41.6 Å². The molecule has 92 valence electrons. The molecule has 1 aliphatic heterocycles. The Hall–Kier alpha value is -0.610. The summed E-state index contributed by atoms with van der Waals surface area (Å²) < 4.78 is 4.95. The first kappa shape index (κ1) is 11.9. The maximum atomic E-state index is 11.9. The molecule has 2 atom stereocenters. The summed E-state index contributed by atoms with van der Waals surface area (Å²) in [4.78, 5) is 14.2. The van der Waals surface area contributed by atoms with Gasteiger partial charge in [0.2, 0.25) is 0 Å². The Morgan fingerprint density at radius 2 is 2.25 bits per heavy atom. The van der Waals surface area contributed by atoms with Crippen LogP contribution in [0.2, 0.25) is 0 Å². The summed E-state index contributed by atoms with van der Waals surface area (Å²) in [7, 11) is 5.60. The van der Waals surface area contributed by atoms with Crippen LogP contribution in [0, 0.1) is 11.3 Å². The highest BCUT2D eigenvalue weighted by Gasteiger charge is 2.58. The van der Waals surface area contributed by atoms with Gasteiger partial charge in [-0.2, -0.15) is 0 Å². The van der Waals surface area contributed by atoms with Gasteiger partial charge in [-0.1, -0.05) is 0 Å². The normalized spacial score (nSPS) is 30.1. The van der Waals surface area contributed by atoms with Crippen molar-refractivity contribution in [2.45, 2.75) is 25.3 Å². The van der Waals surface area contributed by atoms with Gasteiger partial charge in [0.15, 0.2) is 0 Å². The molecule has 0 aromatic carbocycles. The van der Waals surface area contributed by atoms with E-state index in [0.29, 0.717) is 5.92 Å². The molecule has 4 nitrogen and oxygen atoms in total. The molecule has 1 heterocycles. The van der Waals surface area contributed by atoms with Crippen molar-refractivity contribution in [3.63, 3.8) is 0 Å². The fraction of sp³-hybridized carbons (Fsp3) is 0.917. The minimum Gasteiger partial charge on any atom is -0.469 e. The van der Waals surface area contributed by atoms with Gasteiger partial charge in [0.05, 0.1) is 12.5 Å². The van der Waals surface area contributed by atoms with Gasteiger partial charge in [0, 0.05) is 12.6 Å². The quantitative estimate of drug-likeness (QED) is 0.708. The molecule has 2 fully saturated rings. The van der Waals surface area contributed by atoms with Crippen LogP contribution in [0.3, 0.4) is 0 Å². The molecule has 2 aliphatic rings. The summed E-state index contributed by atoms with van der Waals surface area (Å²) in [6, 6.07) is 0.282. The van der Waals surface area contributed by atoms with Crippen LogP contribution < -0.4 is 5.32 Å². The van der Waals surface area contributed by atoms with Gasteiger partial charge in [-0.15, -0.1) is 0 Å². The van der Waals surface area contributed by atoms with Gasteiger partial charge in [0.1, 0.15) is 0 Å². The van der Waals surface area contributed by atoms with E-state index in [1.165, 1.54) is 13.5 Å². The molecular formula is C12H22N2O2. The lowest BCUT2D eigenvalue weighted by Gasteiger charge is -2.29. The number of nitrogens with one attached hydrogen (secondary N) is 1. The zero-order chi connectivity index (χ0) is 11.8. The van der Waals surface area contributed by atoms with E-state index in [0.717, 1.165) is 25.9 Å².